The van der Waals surface area contributed by atoms with Gasteiger partial charge in [-0.2, -0.15) is 0 Å². The molecular formula is C40H39N3O6S2. The number of carbonyl (C=O) groups excluding carboxylic acids is 3. The zero-order valence-corrected chi connectivity index (χ0v) is 30.3. The standard InChI is InChI=1S/C40H39N3O6S2/c1-4-49-40(46)34-30-21-22-43(24-26-13-7-5-8-14-26)25-33(30)51-39(34)42-38(45)36(27-15-9-6-10-16-27)50-29-18-11-17-28(23-29)41-37(44)35-31(47-2)19-12-20-32(35)48-3/h5-20,23,36H,4,21-22,24-25H2,1-3H3,(H,41,44)(H,42,45). The van der Waals surface area contributed by atoms with E-state index in [0.717, 1.165) is 34.0 Å². The third-order valence-electron chi connectivity index (χ3n) is 8.44. The Hall–Kier alpha value is -5.10. The smallest absolute Gasteiger partial charge is 0.341 e. The van der Waals surface area contributed by atoms with E-state index in [1.54, 1.807) is 31.2 Å². The average Bonchev–Trinajstić information content (AvgIpc) is 3.51. The van der Waals surface area contributed by atoms with Gasteiger partial charge in [0.1, 0.15) is 27.3 Å². The number of nitrogens with zero attached hydrogens (tertiary/aromatic N) is 1. The van der Waals surface area contributed by atoms with Crippen LogP contribution in [0.25, 0.3) is 0 Å². The molecule has 0 fully saturated rings. The molecule has 9 nitrogen and oxygen atoms in total. The van der Waals surface area contributed by atoms with E-state index in [9.17, 15) is 14.4 Å². The number of anilines is 2. The zero-order valence-electron chi connectivity index (χ0n) is 28.6. The van der Waals surface area contributed by atoms with Crippen molar-refractivity contribution in [2.24, 2.45) is 0 Å². The van der Waals surface area contributed by atoms with Crippen molar-refractivity contribution in [3.05, 3.63) is 136 Å². The Labute approximate surface area is 305 Å². The van der Waals surface area contributed by atoms with Gasteiger partial charge in [-0.3, -0.25) is 14.5 Å². The van der Waals surface area contributed by atoms with Gasteiger partial charge >= 0.3 is 5.97 Å². The lowest BCUT2D eigenvalue weighted by atomic mass is 10.0. The molecule has 5 aromatic rings. The number of benzene rings is 4. The molecule has 1 aromatic heterocycles. The van der Waals surface area contributed by atoms with E-state index in [0.29, 0.717) is 40.7 Å². The first-order valence-electron chi connectivity index (χ1n) is 16.6. The van der Waals surface area contributed by atoms with Crippen LogP contribution in [0.2, 0.25) is 0 Å². The first-order valence-corrected chi connectivity index (χ1v) is 18.3. The molecule has 6 rings (SSSR count). The molecule has 1 aliphatic rings. The van der Waals surface area contributed by atoms with E-state index < -0.39 is 11.2 Å². The summed E-state index contributed by atoms with van der Waals surface area (Å²) in [4.78, 5) is 45.2. The fourth-order valence-corrected chi connectivity index (χ4v) is 8.43. The largest absolute Gasteiger partial charge is 0.496 e. The van der Waals surface area contributed by atoms with Crippen LogP contribution in [0.15, 0.2) is 108 Å². The van der Waals surface area contributed by atoms with Gasteiger partial charge in [0, 0.05) is 35.1 Å². The van der Waals surface area contributed by atoms with Gasteiger partial charge in [-0.15, -0.1) is 23.1 Å². The molecule has 1 unspecified atom stereocenters. The van der Waals surface area contributed by atoms with E-state index in [2.05, 4.69) is 27.7 Å². The third-order valence-corrected chi connectivity index (χ3v) is 10.8. The first-order chi connectivity index (χ1) is 24.9. The molecule has 0 aliphatic carbocycles. The number of fused-ring (bicyclic) bond motifs is 1. The monoisotopic (exact) mass is 721 g/mol. The molecule has 0 radical (unpaired) electrons. The van der Waals surface area contributed by atoms with Crippen LogP contribution in [0, 0.1) is 0 Å². The molecule has 1 aliphatic heterocycles. The molecule has 0 saturated carbocycles. The van der Waals surface area contributed by atoms with Gasteiger partial charge in [0.25, 0.3) is 5.91 Å². The van der Waals surface area contributed by atoms with Crippen LogP contribution in [0.3, 0.4) is 0 Å². The molecule has 1 atom stereocenters. The summed E-state index contributed by atoms with van der Waals surface area (Å²) in [5, 5.41) is 5.90. The highest BCUT2D eigenvalue weighted by Crippen LogP contribution is 2.41. The summed E-state index contributed by atoms with van der Waals surface area (Å²) < 4.78 is 16.3. The Kier molecular flexibility index (Phi) is 11.7. The Morgan fingerprint density at radius 1 is 0.843 bits per heavy atom. The van der Waals surface area contributed by atoms with Crippen molar-refractivity contribution >= 4 is 51.6 Å². The van der Waals surface area contributed by atoms with Gasteiger partial charge < -0.3 is 24.8 Å². The van der Waals surface area contributed by atoms with Crippen molar-refractivity contribution in [2.45, 2.75) is 36.6 Å². The summed E-state index contributed by atoms with van der Waals surface area (Å²) in [6, 6.07) is 32.3. The van der Waals surface area contributed by atoms with Crippen LogP contribution < -0.4 is 20.1 Å². The summed E-state index contributed by atoms with van der Waals surface area (Å²) in [6.07, 6.45) is 0.679. The van der Waals surface area contributed by atoms with Gasteiger partial charge in [0.15, 0.2) is 0 Å². The van der Waals surface area contributed by atoms with Crippen molar-refractivity contribution in [1.82, 2.24) is 4.90 Å². The maximum absolute atomic E-state index is 14.3. The number of hydrogen-bond donors (Lipinski definition) is 2. The molecule has 0 spiro atoms. The van der Waals surface area contributed by atoms with E-state index in [1.165, 1.54) is 42.9 Å². The number of amides is 2. The number of hydrogen-bond acceptors (Lipinski definition) is 9. The van der Waals surface area contributed by atoms with E-state index in [4.69, 9.17) is 14.2 Å². The van der Waals surface area contributed by atoms with E-state index in [1.807, 2.05) is 66.7 Å². The summed E-state index contributed by atoms with van der Waals surface area (Å²) in [5.41, 5.74) is 4.22. The Morgan fingerprint density at radius 2 is 1.53 bits per heavy atom. The van der Waals surface area contributed by atoms with Crippen molar-refractivity contribution < 1.29 is 28.6 Å². The normalized spacial score (nSPS) is 13.1. The van der Waals surface area contributed by atoms with E-state index in [-0.39, 0.29) is 24.0 Å². The van der Waals surface area contributed by atoms with Crippen molar-refractivity contribution in [3.8, 4) is 11.5 Å². The molecule has 0 saturated heterocycles. The number of thiophene rings is 1. The van der Waals surface area contributed by atoms with Gasteiger partial charge in [-0.05, 0) is 60.4 Å². The predicted octanol–water partition coefficient (Wildman–Crippen LogP) is 8.22. The molecule has 51 heavy (non-hydrogen) atoms. The third kappa shape index (κ3) is 8.45. The van der Waals surface area contributed by atoms with Gasteiger partial charge in [0.05, 0.1) is 26.4 Å². The number of carbonyl (C=O) groups is 3. The van der Waals surface area contributed by atoms with Crippen LogP contribution >= 0.6 is 23.1 Å². The van der Waals surface area contributed by atoms with E-state index >= 15 is 0 Å². The maximum atomic E-state index is 14.3. The zero-order chi connectivity index (χ0) is 35.7. The topological polar surface area (TPSA) is 106 Å². The molecule has 2 heterocycles. The highest BCUT2D eigenvalue weighted by atomic mass is 32.2. The van der Waals surface area contributed by atoms with Crippen LogP contribution in [0.1, 0.15) is 54.5 Å². The average molecular weight is 722 g/mol. The highest BCUT2D eigenvalue weighted by molar-refractivity contribution is 8.00. The van der Waals surface area contributed by atoms with Crippen molar-refractivity contribution in [3.63, 3.8) is 0 Å². The number of esters is 1. The van der Waals surface area contributed by atoms with Crippen LogP contribution in [0.4, 0.5) is 10.7 Å². The number of ether oxygens (including phenoxy) is 3. The van der Waals surface area contributed by atoms with Crippen molar-refractivity contribution in [1.29, 1.82) is 0 Å². The molecule has 4 aromatic carbocycles. The first kappa shape index (κ1) is 35.7. The van der Waals surface area contributed by atoms with Crippen LogP contribution in [-0.2, 0) is 29.0 Å². The number of nitrogens with one attached hydrogen (secondary N) is 2. The van der Waals surface area contributed by atoms with Gasteiger partial charge in [-0.1, -0.05) is 72.8 Å². The molecule has 262 valence electrons. The second kappa shape index (κ2) is 16.7. The Morgan fingerprint density at radius 3 is 2.22 bits per heavy atom. The molecule has 2 N–H and O–H groups in total. The minimum Gasteiger partial charge on any atom is -0.496 e. The number of thioether (sulfide) groups is 1. The fraction of sp³-hybridized carbons (Fsp3) is 0.225. The Balaban J connectivity index is 1.25. The number of rotatable bonds is 13. The molecule has 0 bridgehead atoms. The fourth-order valence-electron chi connectivity index (χ4n) is 6.07. The van der Waals surface area contributed by atoms with Crippen LogP contribution in [0.5, 0.6) is 11.5 Å². The highest BCUT2D eigenvalue weighted by Gasteiger charge is 2.31. The lowest BCUT2D eigenvalue weighted by Crippen LogP contribution is -2.30. The summed E-state index contributed by atoms with van der Waals surface area (Å²) >= 11 is 2.79. The summed E-state index contributed by atoms with van der Waals surface area (Å²) in [6.45, 7) is 4.27. The SMILES string of the molecule is CCOC(=O)c1c(NC(=O)C(Sc2cccc(NC(=O)c3c(OC)cccc3OC)c2)c2ccccc2)sc2c1CCN(Cc1ccccc1)C2. The predicted molar refractivity (Wildman–Crippen MR) is 202 cm³/mol. The minimum absolute atomic E-state index is 0.232. The van der Waals surface area contributed by atoms with Gasteiger partial charge in [0.2, 0.25) is 5.91 Å². The number of methoxy groups -OCH3 is 2. The molecule has 11 heteroatoms. The maximum Gasteiger partial charge on any atom is 0.341 e. The minimum atomic E-state index is -0.671. The van der Waals surface area contributed by atoms with Crippen LogP contribution in [-0.4, -0.2) is 50.1 Å². The quantitative estimate of drug-likeness (QED) is 0.0926. The lowest BCUT2D eigenvalue weighted by molar-refractivity contribution is -0.115. The van der Waals surface area contributed by atoms with Crippen molar-refractivity contribution in [2.75, 3.05) is 38.0 Å². The summed E-state index contributed by atoms with van der Waals surface area (Å²) in [5.74, 6) is -0.316. The Bertz CT molecular complexity index is 1980. The molecule has 2 amide bonds. The van der Waals surface area contributed by atoms with Gasteiger partial charge in [-0.25, -0.2) is 4.79 Å². The lowest BCUT2D eigenvalue weighted by Gasteiger charge is -2.27. The second-order valence-electron chi connectivity index (χ2n) is 11.8. The molecular weight excluding hydrogens is 683 g/mol. The second-order valence-corrected chi connectivity index (χ2v) is 14.1. The summed E-state index contributed by atoms with van der Waals surface area (Å²) in [7, 11) is 3.00.